The van der Waals surface area contributed by atoms with E-state index in [9.17, 15) is 19.8 Å². The molecule has 10 heteroatoms. The molecule has 1 fully saturated rings. The number of aromatic nitrogens is 2. The average Bonchev–Trinajstić information content (AvgIpc) is 3.22. The van der Waals surface area contributed by atoms with E-state index < -0.39 is 18.0 Å². The smallest absolute Gasteiger partial charge is 0.353 e. The molecule has 4 heterocycles. The maximum atomic E-state index is 12.4. The van der Waals surface area contributed by atoms with Gasteiger partial charge < -0.3 is 25.0 Å². The Bertz CT molecular complexity index is 935. The SMILES string of the molecule is C[C@@H](O)[C@H]1C(=O)N2C(C(=O)O)=C(Sc3nc(/C=C/C4=CCNCC4)no3)[C@H](C)[C@H]12. The molecule has 1 aromatic rings. The summed E-state index contributed by atoms with van der Waals surface area (Å²) < 4.78 is 5.27. The highest BCUT2D eigenvalue weighted by Crippen LogP contribution is 2.51. The zero-order valence-electron chi connectivity index (χ0n) is 16.0. The third-order valence-corrected chi connectivity index (χ3v) is 6.60. The number of allylic oxidation sites excluding steroid dienone is 1. The van der Waals surface area contributed by atoms with Crippen molar-refractivity contribution < 1.29 is 24.3 Å². The standard InChI is InChI=1S/C19H22N4O5S/c1-9-14-13(10(2)24)17(25)23(14)15(18(26)27)16(9)29-19-21-12(22-28-19)4-3-11-5-7-20-8-6-11/h3-5,9-10,13-14,20,24H,6-8H2,1-2H3,(H,26,27)/b4-3+/t9-,10-,13-,14-/m1/s1. The van der Waals surface area contributed by atoms with Gasteiger partial charge in [-0.05, 0) is 43.3 Å². The molecule has 0 spiro atoms. The molecule has 9 nitrogen and oxygen atoms in total. The van der Waals surface area contributed by atoms with Crippen LogP contribution in [0.2, 0.25) is 0 Å². The van der Waals surface area contributed by atoms with Gasteiger partial charge in [0.25, 0.3) is 5.22 Å². The van der Waals surface area contributed by atoms with E-state index in [-0.39, 0.29) is 28.8 Å². The maximum absolute atomic E-state index is 12.4. The van der Waals surface area contributed by atoms with E-state index in [4.69, 9.17) is 4.52 Å². The van der Waals surface area contributed by atoms with Crippen molar-refractivity contribution in [3.8, 4) is 0 Å². The summed E-state index contributed by atoms with van der Waals surface area (Å²) in [4.78, 5) is 30.3. The molecule has 1 amide bonds. The summed E-state index contributed by atoms with van der Waals surface area (Å²) in [6.07, 6.45) is 5.89. The molecule has 3 aliphatic heterocycles. The van der Waals surface area contributed by atoms with E-state index in [2.05, 4.69) is 21.5 Å². The summed E-state index contributed by atoms with van der Waals surface area (Å²) in [5, 5.41) is 26.9. The first-order valence-electron chi connectivity index (χ1n) is 9.46. The Hall–Kier alpha value is -2.43. The van der Waals surface area contributed by atoms with Crippen LogP contribution in [0.15, 0.2) is 38.1 Å². The first-order chi connectivity index (χ1) is 13.9. The van der Waals surface area contributed by atoms with Crippen LogP contribution in [0.25, 0.3) is 6.08 Å². The lowest BCUT2D eigenvalue weighted by Crippen LogP contribution is -2.63. The summed E-state index contributed by atoms with van der Waals surface area (Å²) in [6.45, 7) is 5.16. The van der Waals surface area contributed by atoms with Gasteiger partial charge in [-0.1, -0.05) is 24.2 Å². The van der Waals surface area contributed by atoms with Crippen LogP contribution < -0.4 is 5.32 Å². The largest absolute Gasteiger partial charge is 0.477 e. The monoisotopic (exact) mass is 418 g/mol. The highest BCUT2D eigenvalue weighted by atomic mass is 32.2. The molecule has 4 atom stereocenters. The van der Waals surface area contributed by atoms with Crippen LogP contribution in [0.5, 0.6) is 0 Å². The number of nitrogens with zero attached hydrogens (tertiary/aromatic N) is 3. The van der Waals surface area contributed by atoms with Crippen molar-refractivity contribution in [1.82, 2.24) is 20.4 Å². The fourth-order valence-corrected chi connectivity index (χ4v) is 5.06. The molecule has 3 N–H and O–H groups in total. The number of carboxylic acid groups (broad SMARTS) is 1. The van der Waals surface area contributed by atoms with Crippen LogP contribution in [0, 0.1) is 11.8 Å². The molecule has 4 rings (SSSR count). The quantitative estimate of drug-likeness (QED) is 0.585. The Morgan fingerprint density at radius 1 is 1.48 bits per heavy atom. The number of nitrogens with one attached hydrogen (secondary N) is 1. The summed E-state index contributed by atoms with van der Waals surface area (Å²) in [6, 6.07) is -0.370. The number of carbonyl (C=O) groups excluding carboxylic acids is 1. The maximum Gasteiger partial charge on any atom is 0.353 e. The minimum Gasteiger partial charge on any atom is -0.477 e. The first-order valence-corrected chi connectivity index (χ1v) is 10.3. The summed E-state index contributed by atoms with van der Waals surface area (Å²) in [7, 11) is 0. The number of fused-ring (bicyclic) bond motifs is 1. The van der Waals surface area contributed by atoms with Gasteiger partial charge in [0.05, 0.1) is 18.1 Å². The predicted molar refractivity (Wildman–Crippen MR) is 104 cm³/mol. The summed E-state index contributed by atoms with van der Waals surface area (Å²) in [5.41, 5.74) is 1.12. The Morgan fingerprint density at radius 2 is 2.28 bits per heavy atom. The third-order valence-electron chi connectivity index (χ3n) is 5.48. The van der Waals surface area contributed by atoms with Gasteiger partial charge in [-0.15, -0.1) is 0 Å². The molecule has 0 unspecified atom stereocenters. The van der Waals surface area contributed by atoms with Crippen LogP contribution in [0.3, 0.4) is 0 Å². The van der Waals surface area contributed by atoms with E-state index >= 15 is 0 Å². The van der Waals surface area contributed by atoms with Crippen molar-refractivity contribution in [2.45, 2.75) is 37.6 Å². The number of β-lactam (4-membered cyclic amide) rings is 1. The summed E-state index contributed by atoms with van der Waals surface area (Å²) >= 11 is 1.07. The minimum atomic E-state index is -1.18. The second-order valence-electron chi connectivity index (χ2n) is 7.36. The molecule has 1 saturated heterocycles. The van der Waals surface area contributed by atoms with Gasteiger partial charge >= 0.3 is 5.97 Å². The van der Waals surface area contributed by atoms with E-state index in [1.165, 1.54) is 10.5 Å². The number of aliphatic hydroxyl groups is 1. The van der Waals surface area contributed by atoms with E-state index in [0.29, 0.717) is 10.7 Å². The topological polar surface area (TPSA) is 129 Å². The van der Waals surface area contributed by atoms with Crippen molar-refractivity contribution in [3.05, 3.63) is 34.2 Å². The molecular weight excluding hydrogens is 396 g/mol. The lowest BCUT2D eigenvalue weighted by Gasteiger charge is -2.46. The van der Waals surface area contributed by atoms with Crippen LogP contribution in [-0.4, -0.2) is 62.4 Å². The van der Waals surface area contributed by atoms with Gasteiger partial charge in [0.15, 0.2) is 5.82 Å². The number of thioether (sulfide) groups is 1. The van der Waals surface area contributed by atoms with Crippen LogP contribution >= 0.6 is 11.8 Å². The third kappa shape index (κ3) is 3.52. The van der Waals surface area contributed by atoms with Gasteiger partial charge in [0.2, 0.25) is 5.91 Å². The summed E-state index contributed by atoms with van der Waals surface area (Å²) in [5.74, 6) is -2.01. The van der Waals surface area contributed by atoms with Gasteiger partial charge in [0.1, 0.15) is 5.70 Å². The van der Waals surface area contributed by atoms with Crippen molar-refractivity contribution in [2.75, 3.05) is 13.1 Å². The zero-order valence-corrected chi connectivity index (χ0v) is 16.8. The molecular formula is C19H22N4O5S. The molecule has 29 heavy (non-hydrogen) atoms. The molecule has 0 saturated carbocycles. The Kier molecular flexibility index (Phi) is 5.32. The number of amides is 1. The van der Waals surface area contributed by atoms with Crippen LogP contribution in [0.1, 0.15) is 26.1 Å². The number of hydrogen-bond acceptors (Lipinski definition) is 8. The van der Waals surface area contributed by atoms with Gasteiger partial charge in [0, 0.05) is 17.4 Å². The van der Waals surface area contributed by atoms with Crippen molar-refractivity contribution in [2.24, 2.45) is 11.8 Å². The normalized spacial score (nSPS) is 27.8. The van der Waals surface area contributed by atoms with Gasteiger partial charge in [-0.25, -0.2) is 4.79 Å². The van der Waals surface area contributed by atoms with E-state index in [1.54, 1.807) is 13.0 Å². The van der Waals surface area contributed by atoms with E-state index in [1.807, 2.05) is 13.0 Å². The average molecular weight is 418 g/mol. The van der Waals surface area contributed by atoms with Crippen LogP contribution in [0.4, 0.5) is 0 Å². The number of carbonyl (C=O) groups is 2. The Labute approximate surface area is 171 Å². The molecule has 0 aliphatic carbocycles. The zero-order chi connectivity index (χ0) is 20.7. The molecule has 0 aromatic carbocycles. The minimum absolute atomic E-state index is 0.0652. The van der Waals surface area contributed by atoms with Gasteiger partial charge in [-0.2, -0.15) is 4.98 Å². The van der Waals surface area contributed by atoms with Gasteiger partial charge in [-0.3, -0.25) is 4.79 Å². The molecule has 0 bridgehead atoms. The second kappa shape index (κ2) is 7.77. The fourth-order valence-electron chi connectivity index (χ4n) is 4.05. The highest BCUT2D eigenvalue weighted by molar-refractivity contribution is 8.02. The predicted octanol–water partition coefficient (Wildman–Crippen LogP) is 1.25. The number of aliphatic carboxylic acids is 1. The fraction of sp³-hybridized carbons (Fsp3) is 0.474. The molecule has 3 aliphatic rings. The number of aliphatic hydroxyl groups excluding tert-OH is 1. The lowest BCUT2D eigenvalue weighted by molar-refractivity contribution is -0.163. The molecule has 1 aromatic heterocycles. The number of hydrogen-bond donors (Lipinski definition) is 3. The van der Waals surface area contributed by atoms with E-state index in [0.717, 1.165) is 31.3 Å². The Morgan fingerprint density at radius 3 is 2.93 bits per heavy atom. The number of rotatable bonds is 6. The Balaban J connectivity index is 1.54. The van der Waals surface area contributed by atoms with Crippen molar-refractivity contribution >= 4 is 29.7 Å². The number of carboxylic acids is 1. The van der Waals surface area contributed by atoms with Crippen molar-refractivity contribution in [1.29, 1.82) is 0 Å². The lowest BCUT2D eigenvalue weighted by atomic mass is 9.79. The second-order valence-corrected chi connectivity index (χ2v) is 8.35. The van der Waals surface area contributed by atoms with Crippen LogP contribution in [-0.2, 0) is 9.59 Å². The first kappa shape index (κ1) is 19.9. The van der Waals surface area contributed by atoms with Crippen molar-refractivity contribution in [3.63, 3.8) is 0 Å². The highest BCUT2D eigenvalue weighted by Gasteiger charge is 2.60. The molecule has 0 radical (unpaired) electrons. The molecule has 154 valence electrons.